The molecule has 0 atom stereocenters. The fourth-order valence-corrected chi connectivity index (χ4v) is 1.65. The van der Waals surface area contributed by atoms with E-state index in [1.165, 1.54) is 25.4 Å². The van der Waals surface area contributed by atoms with Gasteiger partial charge in [-0.05, 0) is 24.3 Å². The first kappa shape index (κ1) is 15.3. The Bertz CT molecular complexity index is 713. The summed E-state index contributed by atoms with van der Waals surface area (Å²) in [5.74, 6) is 4.95. The zero-order valence-corrected chi connectivity index (χ0v) is 12.0. The summed E-state index contributed by atoms with van der Waals surface area (Å²) in [7, 11) is 1.29. The van der Waals surface area contributed by atoms with Crippen molar-refractivity contribution in [3.63, 3.8) is 0 Å². The molecule has 110 valence electrons. The van der Waals surface area contributed by atoms with Crippen LogP contribution in [0, 0.1) is 11.8 Å². The smallest absolute Gasteiger partial charge is 0.339 e. The number of aromatic nitrogens is 1. The fraction of sp³-hybridized carbons (Fsp3) is 0.118. The molecule has 0 unspecified atom stereocenters. The number of nitrogens with zero attached hydrogens (tertiary/aromatic N) is 1. The first-order valence-electron chi connectivity index (χ1n) is 6.57. The molecule has 1 heterocycles. The highest BCUT2D eigenvalue weighted by atomic mass is 16.5. The van der Waals surface area contributed by atoms with Gasteiger partial charge in [0.15, 0.2) is 0 Å². The number of pyridine rings is 1. The van der Waals surface area contributed by atoms with Gasteiger partial charge in [-0.25, -0.2) is 4.79 Å². The molecule has 0 radical (unpaired) electrons. The quantitative estimate of drug-likeness (QED) is 0.690. The Morgan fingerprint density at radius 2 is 1.95 bits per heavy atom. The molecule has 0 aliphatic carbocycles. The number of carbonyl (C=O) groups excluding carboxylic acids is 2. The van der Waals surface area contributed by atoms with Crippen LogP contribution in [-0.2, 0) is 4.74 Å². The van der Waals surface area contributed by atoms with Crippen LogP contribution in [0.2, 0.25) is 0 Å². The lowest BCUT2D eigenvalue weighted by atomic mass is 10.2. The average Bonchev–Trinajstić information content (AvgIpc) is 2.59. The van der Waals surface area contributed by atoms with Crippen LogP contribution in [0.25, 0.3) is 0 Å². The first-order valence-corrected chi connectivity index (χ1v) is 6.57. The van der Waals surface area contributed by atoms with Crippen LogP contribution >= 0.6 is 0 Å². The van der Waals surface area contributed by atoms with Crippen LogP contribution in [0.3, 0.4) is 0 Å². The van der Waals surface area contributed by atoms with E-state index in [2.05, 4.69) is 26.9 Å². The van der Waals surface area contributed by atoms with Crippen molar-refractivity contribution in [1.82, 2.24) is 10.3 Å². The third-order valence-corrected chi connectivity index (χ3v) is 2.76. The maximum Gasteiger partial charge on any atom is 0.339 e. The Hall–Kier alpha value is -3.13. The molecule has 0 saturated carbocycles. The zero-order valence-electron chi connectivity index (χ0n) is 12.0. The number of benzene rings is 1. The van der Waals surface area contributed by atoms with Gasteiger partial charge in [0.25, 0.3) is 5.91 Å². The molecule has 0 fully saturated rings. The summed E-state index contributed by atoms with van der Waals surface area (Å²) in [6.07, 6.45) is 1.30. The van der Waals surface area contributed by atoms with E-state index in [0.29, 0.717) is 5.56 Å². The molecule has 0 saturated heterocycles. The molecule has 2 aromatic rings. The highest BCUT2D eigenvalue weighted by molar-refractivity contribution is 5.94. The van der Waals surface area contributed by atoms with Gasteiger partial charge in [0.1, 0.15) is 5.69 Å². The van der Waals surface area contributed by atoms with Crippen molar-refractivity contribution in [3.05, 3.63) is 65.5 Å². The minimum atomic E-state index is -0.492. The lowest BCUT2D eigenvalue weighted by Crippen LogP contribution is -2.24. The molecule has 5 nitrogen and oxygen atoms in total. The molecular formula is C17H14N2O3. The minimum absolute atomic E-state index is 0.216. The molecule has 1 amide bonds. The summed E-state index contributed by atoms with van der Waals surface area (Å²) in [5.41, 5.74) is 1.40. The van der Waals surface area contributed by atoms with E-state index in [1.807, 2.05) is 30.3 Å². The number of nitrogens with one attached hydrogen (secondary N) is 1. The zero-order chi connectivity index (χ0) is 15.8. The van der Waals surface area contributed by atoms with Crippen molar-refractivity contribution in [2.24, 2.45) is 0 Å². The van der Waals surface area contributed by atoms with Gasteiger partial charge in [-0.3, -0.25) is 9.78 Å². The Morgan fingerprint density at radius 1 is 1.18 bits per heavy atom. The van der Waals surface area contributed by atoms with Crippen LogP contribution < -0.4 is 5.32 Å². The van der Waals surface area contributed by atoms with Gasteiger partial charge in [0.2, 0.25) is 0 Å². The Balaban J connectivity index is 1.90. The second-order valence-electron chi connectivity index (χ2n) is 4.27. The highest BCUT2D eigenvalue weighted by Gasteiger charge is 2.09. The summed E-state index contributed by atoms with van der Waals surface area (Å²) in [5, 5.41) is 2.64. The normalized spacial score (nSPS) is 9.32. The maximum absolute atomic E-state index is 11.8. The van der Waals surface area contributed by atoms with E-state index in [1.54, 1.807) is 0 Å². The summed E-state index contributed by atoms with van der Waals surface area (Å²) >= 11 is 0. The van der Waals surface area contributed by atoms with Crippen molar-refractivity contribution in [2.75, 3.05) is 13.7 Å². The summed E-state index contributed by atoms with van der Waals surface area (Å²) in [4.78, 5) is 27.0. The number of esters is 1. The molecular weight excluding hydrogens is 280 g/mol. The predicted octanol–water partition coefficient (Wildman–Crippen LogP) is 1.65. The van der Waals surface area contributed by atoms with Crippen molar-refractivity contribution in [1.29, 1.82) is 0 Å². The van der Waals surface area contributed by atoms with Crippen LogP contribution in [0.5, 0.6) is 0 Å². The molecule has 0 aliphatic rings. The number of amides is 1. The van der Waals surface area contributed by atoms with Gasteiger partial charge in [-0.2, -0.15) is 0 Å². The molecule has 0 bridgehead atoms. The number of methoxy groups -OCH3 is 1. The summed E-state index contributed by atoms with van der Waals surface area (Å²) < 4.78 is 4.56. The first-order chi connectivity index (χ1) is 10.7. The minimum Gasteiger partial charge on any atom is -0.465 e. The van der Waals surface area contributed by atoms with Gasteiger partial charge in [0.05, 0.1) is 19.2 Å². The standard InChI is InChI=1S/C17H14N2O3/c1-22-17(21)14-9-10-15(19-12-14)16(20)18-11-5-8-13-6-3-2-4-7-13/h2-4,6-7,9-10,12H,11H2,1H3,(H,18,20). The Labute approximate surface area is 128 Å². The van der Waals surface area contributed by atoms with Gasteiger partial charge in [-0.1, -0.05) is 30.0 Å². The third kappa shape index (κ3) is 4.18. The monoisotopic (exact) mass is 294 g/mol. The molecule has 2 rings (SSSR count). The second-order valence-corrected chi connectivity index (χ2v) is 4.27. The molecule has 0 spiro atoms. The molecule has 1 aromatic carbocycles. The van der Waals surface area contributed by atoms with E-state index in [0.717, 1.165) is 5.56 Å². The van der Waals surface area contributed by atoms with Crippen LogP contribution in [-0.4, -0.2) is 30.5 Å². The largest absolute Gasteiger partial charge is 0.465 e. The highest BCUT2D eigenvalue weighted by Crippen LogP contribution is 2.02. The third-order valence-electron chi connectivity index (χ3n) is 2.76. The second kappa shape index (κ2) is 7.60. The number of hydrogen-bond acceptors (Lipinski definition) is 4. The van der Waals surface area contributed by atoms with Gasteiger partial charge in [0, 0.05) is 11.8 Å². The molecule has 1 aromatic heterocycles. The van der Waals surface area contributed by atoms with Crippen molar-refractivity contribution in [2.45, 2.75) is 0 Å². The number of hydrogen-bond donors (Lipinski definition) is 1. The van der Waals surface area contributed by atoms with Crippen molar-refractivity contribution in [3.8, 4) is 11.8 Å². The van der Waals surface area contributed by atoms with Gasteiger partial charge < -0.3 is 10.1 Å². The van der Waals surface area contributed by atoms with E-state index in [4.69, 9.17) is 0 Å². The summed E-state index contributed by atoms with van der Waals surface area (Å²) in [6, 6.07) is 12.4. The molecule has 1 N–H and O–H groups in total. The van der Waals surface area contributed by atoms with Gasteiger partial charge in [-0.15, -0.1) is 0 Å². The molecule has 22 heavy (non-hydrogen) atoms. The van der Waals surface area contributed by atoms with Crippen LogP contribution in [0.1, 0.15) is 26.4 Å². The van der Waals surface area contributed by atoms with E-state index < -0.39 is 5.97 Å². The van der Waals surface area contributed by atoms with E-state index in [9.17, 15) is 9.59 Å². The lowest BCUT2D eigenvalue weighted by molar-refractivity contribution is 0.0599. The Kier molecular flexibility index (Phi) is 5.27. The number of ether oxygens (including phenoxy) is 1. The fourth-order valence-electron chi connectivity index (χ4n) is 1.65. The van der Waals surface area contributed by atoms with Crippen molar-refractivity contribution >= 4 is 11.9 Å². The van der Waals surface area contributed by atoms with Crippen LogP contribution in [0.15, 0.2) is 48.7 Å². The average molecular weight is 294 g/mol. The number of rotatable bonds is 3. The topological polar surface area (TPSA) is 68.3 Å². The number of carbonyl (C=O) groups is 2. The maximum atomic E-state index is 11.8. The van der Waals surface area contributed by atoms with Crippen LogP contribution in [0.4, 0.5) is 0 Å². The molecule has 5 heteroatoms. The van der Waals surface area contributed by atoms with Crippen molar-refractivity contribution < 1.29 is 14.3 Å². The van der Waals surface area contributed by atoms with Gasteiger partial charge >= 0.3 is 5.97 Å². The predicted molar refractivity (Wildman–Crippen MR) is 81.2 cm³/mol. The summed E-state index contributed by atoms with van der Waals surface area (Å²) in [6.45, 7) is 0.216. The Morgan fingerprint density at radius 3 is 2.59 bits per heavy atom. The lowest BCUT2D eigenvalue weighted by Gasteiger charge is -2.02. The van der Waals surface area contributed by atoms with E-state index >= 15 is 0 Å². The van der Waals surface area contributed by atoms with E-state index in [-0.39, 0.29) is 18.1 Å². The SMILES string of the molecule is COC(=O)c1ccc(C(=O)NCC#Cc2ccccc2)nc1. The molecule has 0 aliphatic heterocycles.